The van der Waals surface area contributed by atoms with Gasteiger partial charge in [0.2, 0.25) is 5.91 Å². The normalized spacial score (nSPS) is 16.7. The molecule has 100 valence electrons. The standard InChI is InChI=1S/C14H15NO4/c1-19-13(17)8-9(16)6-7-11-10-4-2-3-5-12(10)15-14(11)18/h2-5,11H,6-8H2,1H3,(H,15,18). The molecule has 1 N–H and O–H groups in total. The van der Waals surface area contributed by atoms with Crippen LogP contribution in [0.15, 0.2) is 24.3 Å². The zero-order chi connectivity index (χ0) is 13.8. The fourth-order valence-corrected chi connectivity index (χ4v) is 2.19. The van der Waals surface area contributed by atoms with Crippen LogP contribution in [0.4, 0.5) is 5.69 Å². The molecule has 0 saturated heterocycles. The van der Waals surface area contributed by atoms with E-state index >= 15 is 0 Å². The second-order valence-corrected chi connectivity index (χ2v) is 4.46. The van der Waals surface area contributed by atoms with Crippen molar-refractivity contribution < 1.29 is 19.1 Å². The SMILES string of the molecule is COC(=O)CC(=O)CCC1C(=O)Nc2ccccc21. The summed E-state index contributed by atoms with van der Waals surface area (Å²) in [4.78, 5) is 34.3. The van der Waals surface area contributed by atoms with Crippen LogP contribution >= 0.6 is 0 Å². The summed E-state index contributed by atoms with van der Waals surface area (Å²) in [7, 11) is 1.25. The van der Waals surface area contributed by atoms with Gasteiger partial charge in [0.05, 0.1) is 13.0 Å². The van der Waals surface area contributed by atoms with Crippen molar-refractivity contribution in [1.29, 1.82) is 0 Å². The third-order valence-electron chi connectivity index (χ3n) is 3.19. The number of rotatable bonds is 5. The van der Waals surface area contributed by atoms with Crippen LogP contribution in [0.2, 0.25) is 0 Å². The Hall–Kier alpha value is -2.17. The number of hydrogen-bond donors (Lipinski definition) is 1. The van der Waals surface area contributed by atoms with Gasteiger partial charge in [-0.15, -0.1) is 0 Å². The van der Waals surface area contributed by atoms with Gasteiger partial charge in [-0.3, -0.25) is 14.4 Å². The van der Waals surface area contributed by atoms with Crippen molar-refractivity contribution >= 4 is 23.3 Å². The maximum Gasteiger partial charge on any atom is 0.313 e. The molecule has 1 aromatic carbocycles. The van der Waals surface area contributed by atoms with E-state index in [4.69, 9.17) is 0 Å². The van der Waals surface area contributed by atoms with Crippen molar-refractivity contribution in [2.45, 2.75) is 25.2 Å². The van der Waals surface area contributed by atoms with Gasteiger partial charge in [0.15, 0.2) is 0 Å². The van der Waals surface area contributed by atoms with Crippen LogP contribution in [0.3, 0.4) is 0 Å². The number of esters is 1. The second-order valence-electron chi connectivity index (χ2n) is 4.46. The number of ketones is 1. The van der Waals surface area contributed by atoms with E-state index in [1.54, 1.807) is 0 Å². The third-order valence-corrected chi connectivity index (χ3v) is 3.19. The smallest absolute Gasteiger partial charge is 0.313 e. The third kappa shape index (κ3) is 2.99. The molecular weight excluding hydrogens is 246 g/mol. The molecule has 1 heterocycles. The lowest BCUT2D eigenvalue weighted by atomic mass is 9.94. The Morgan fingerprint density at radius 1 is 1.32 bits per heavy atom. The monoisotopic (exact) mass is 261 g/mol. The number of carbonyl (C=O) groups excluding carboxylic acids is 3. The lowest BCUT2D eigenvalue weighted by Gasteiger charge is -2.07. The van der Waals surface area contributed by atoms with Crippen LogP contribution < -0.4 is 5.32 Å². The molecule has 0 aliphatic carbocycles. The molecule has 1 aromatic rings. The quantitative estimate of drug-likeness (QED) is 0.646. The van der Waals surface area contributed by atoms with Gasteiger partial charge in [-0.25, -0.2) is 0 Å². The Morgan fingerprint density at radius 3 is 2.79 bits per heavy atom. The molecular formula is C14H15NO4. The second kappa shape index (κ2) is 5.65. The summed E-state index contributed by atoms with van der Waals surface area (Å²) in [6.45, 7) is 0. The maximum atomic E-state index is 11.8. The largest absolute Gasteiger partial charge is 0.469 e. The number of hydrogen-bond acceptors (Lipinski definition) is 4. The number of anilines is 1. The fraction of sp³-hybridized carbons (Fsp3) is 0.357. The number of nitrogens with one attached hydrogen (secondary N) is 1. The number of Topliss-reactive ketones (excluding diaryl/α,β-unsaturated/α-hetero) is 1. The highest BCUT2D eigenvalue weighted by Crippen LogP contribution is 2.35. The van der Waals surface area contributed by atoms with Gasteiger partial charge in [0, 0.05) is 12.1 Å². The molecule has 0 radical (unpaired) electrons. The van der Waals surface area contributed by atoms with E-state index in [2.05, 4.69) is 10.1 Å². The summed E-state index contributed by atoms with van der Waals surface area (Å²) in [5, 5.41) is 2.78. The molecule has 0 spiro atoms. The summed E-state index contributed by atoms with van der Waals surface area (Å²) in [5.74, 6) is -1.14. The highest BCUT2D eigenvalue weighted by Gasteiger charge is 2.30. The van der Waals surface area contributed by atoms with Crippen molar-refractivity contribution in [2.75, 3.05) is 12.4 Å². The minimum Gasteiger partial charge on any atom is -0.469 e. The maximum absolute atomic E-state index is 11.8. The average molecular weight is 261 g/mol. The average Bonchev–Trinajstić information content (AvgIpc) is 2.71. The Kier molecular flexibility index (Phi) is 3.94. The zero-order valence-corrected chi connectivity index (χ0v) is 10.6. The Morgan fingerprint density at radius 2 is 2.05 bits per heavy atom. The van der Waals surface area contributed by atoms with Gasteiger partial charge in [0.1, 0.15) is 12.2 Å². The predicted molar refractivity (Wildman–Crippen MR) is 68.7 cm³/mol. The van der Waals surface area contributed by atoms with E-state index in [0.29, 0.717) is 6.42 Å². The Bertz CT molecular complexity index is 524. The molecule has 1 aliphatic heterocycles. The molecule has 19 heavy (non-hydrogen) atoms. The first-order chi connectivity index (χ1) is 9.11. The summed E-state index contributed by atoms with van der Waals surface area (Å²) in [6.07, 6.45) is 0.382. The predicted octanol–water partition coefficient (Wildman–Crippen LogP) is 1.63. The van der Waals surface area contributed by atoms with Gasteiger partial charge >= 0.3 is 5.97 Å². The molecule has 1 amide bonds. The molecule has 2 rings (SSSR count). The highest BCUT2D eigenvalue weighted by atomic mass is 16.5. The number of para-hydroxylation sites is 1. The molecule has 1 unspecified atom stereocenters. The molecule has 0 saturated carbocycles. The van der Waals surface area contributed by atoms with Gasteiger partial charge in [-0.2, -0.15) is 0 Å². The van der Waals surface area contributed by atoms with Crippen LogP contribution in [0, 0.1) is 0 Å². The molecule has 0 bridgehead atoms. The Balaban J connectivity index is 1.95. The van der Waals surface area contributed by atoms with Crippen molar-refractivity contribution in [3.8, 4) is 0 Å². The number of ether oxygens (including phenoxy) is 1. The first-order valence-corrected chi connectivity index (χ1v) is 6.10. The molecule has 5 heteroatoms. The van der Waals surface area contributed by atoms with Gasteiger partial charge in [-0.05, 0) is 18.1 Å². The van der Waals surface area contributed by atoms with Gasteiger partial charge < -0.3 is 10.1 Å². The summed E-state index contributed by atoms with van der Waals surface area (Å²) in [5.41, 5.74) is 1.72. The van der Waals surface area contributed by atoms with Crippen molar-refractivity contribution in [3.05, 3.63) is 29.8 Å². The molecule has 5 nitrogen and oxygen atoms in total. The first-order valence-electron chi connectivity index (χ1n) is 6.10. The van der Waals surface area contributed by atoms with Gasteiger partial charge in [0.25, 0.3) is 0 Å². The number of carbonyl (C=O) groups is 3. The molecule has 0 aromatic heterocycles. The Labute approximate surface area is 110 Å². The van der Waals surface area contributed by atoms with Crippen LogP contribution in [-0.4, -0.2) is 24.8 Å². The van der Waals surface area contributed by atoms with E-state index in [1.165, 1.54) is 7.11 Å². The molecule has 1 atom stereocenters. The minimum atomic E-state index is -0.540. The zero-order valence-electron chi connectivity index (χ0n) is 10.6. The van der Waals surface area contributed by atoms with E-state index in [9.17, 15) is 14.4 Å². The van der Waals surface area contributed by atoms with Crippen molar-refractivity contribution in [2.24, 2.45) is 0 Å². The highest BCUT2D eigenvalue weighted by molar-refractivity contribution is 6.03. The summed E-state index contributed by atoms with van der Waals surface area (Å²) >= 11 is 0. The van der Waals surface area contributed by atoms with Crippen molar-refractivity contribution in [3.63, 3.8) is 0 Å². The van der Waals surface area contributed by atoms with E-state index in [-0.39, 0.29) is 30.4 Å². The topological polar surface area (TPSA) is 72.5 Å². The minimum absolute atomic E-state index is 0.0907. The molecule has 1 aliphatic rings. The lowest BCUT2D eigenvalue weighted by Crippen LogP contribution is -2.15. The van der Waals surface area contributed by atoms with Gasteiger partial charge in [-0.1, -0.05) is 18.2 Å². The van der Waals surface area contributed by atoms with E-state index < -0.39 is 5.97 Å². The fourth-order valence-electron chi connectivity index (χ4n) is 2.19. The van der Waals surface area contributed by atoms with Crippen LogP contribution in [-0.2, 0) is 19.1 Å². The summed E-state index contributed by atoms with van der Waals surface area (Å²) < 4.78 is 4.43. The first kappa shape index (κ1) is 13.3. The van der Waals surface area contributed by atoms with Crippen molar-refractivity contribution in [1.82, 2.24) is 0 Å². The molecule has 0 fully saturated rings. The number of benzene rings is 1. The van der Waals surface area contributed by atoms with Crippen LogP contribution in [0.25, 0.3) is 0 Å². The van der Waals surface area contributed by atoms with E-state index in [0.717, 1.165) is 11.3 Å². The number of methoxy groups -OCH3 is 1. The van der Waals surface area contributed by atoms with Crippen LogP contribution in [0.5, 0.6) is 0 Å². The number of fused-ring (bicyclic) bond motifs is 1. The van der Waals surface area contributed by atoms with E-state index in [1.807, 2.05) is 24.3 Å². The van der Waals surface area contributed by atoms with Crippen LogP contribution in [0.1, 0.15) is 30.7 Å². The summed E-state index contributed by atoms with van der Waals surface area (Å²) in [6, 6.07) is 7.43. The lowest BCUT2D eigenvalue weighted by molar-refractivity contribution is -0.143. The number of amides is 1.